The maximum absolute atomic E-state index is 2.35. The van der Waals surface area contributed by atoms with Gasteiger partial charge in [-0.05, 0) is 272 Å². The molecule has 0 heteroatoms. The van der Waals surface area contributed by atoms with Gasteiger partial charge in [0, 0.05) is 0 Å². The fourth-order valence-electron chi connectivity index (χ4n) is 20.6. The van der Waals surface area contributed by atoms with Crippen molar-refractivity contribution in [3.8, 4) is 156 Å². The third-order valence-corrected chi connectivity index (χ3v) is 26.8. The Morgan fingerprint density at radius 2 is 0.224 bits per heavy atom. The largest absolute Gasteiger partial charge is 0.0622 e. The molecule has 0 fully saturated rings. The zero-order chi connectivity index (χ0) is 89.0. The van der Waals surface area contributed by atoms with E-state index in [-0.39, 0.29) is 0 Å². The minimum absolute atomic E-state index is 1.22. The van der Waals surface area contributed by atoms with Crippen molar-refractivity contribution in [1.29, 1.82) is 0 Å². The van der Waals surface area contributed by atoms with Crippen molar-refractivity contribution in [2.45, 2.75) is 0 Å². The van der Waals surface area contributed by atoms with Gasteiger partial charge in [-0.1, -0.05) is 516 Å². The molecule has 0 atom stereocenters. The van der Waals surface area contributed by atoms with Gasteiger partial charge in [-0.25, -0.2) is 0 Å². The quantitative estimate of drug-likeness (QED) is 0.0952. The predicted molar refractivity (Wildman–Crippen MR) is 575 cm³/mol. The highest BCUT2D eigenvalue weighted by Gasteiger charge is 2.24. The van der Waals surface area contributed by atoms with E-state index in [0.29, 0.717) is 0 Å². The van der Waals surface area contributed by atoms with Crippen LogP contribution in [0.2, 0.25) is 0 Å². The van der Waals surface area contributed by atoms with Gasteiger partial charge < -0.3 is 0 Å². The molecule has 0 aliphatic rings. The lowest BCUT2D eigenvalue weighted by Gasteiger charge is -2.21. The first-order valence-electron chi connectivity index (χ1n) is 46.3. The van der Waals surface area contributed by atoms with Gasteiger partial charge in [0.2, 0.25) is 0 Å². The van der Waals surface area contributed by atoms with Crippen LogP contribution >= 0.6 is 0 Å². The van der Waals surface area contributed by atoms with Crippen LogP contribution < -0.4 is 0 Å². The van der Waals surface area contributed by atoms with Crippen molar-refractivity contribution in [3.63, 3.8) is 0 Å². The van der Waals surface area contributed by atoms with Crippen molar-refractivity contribution in [3.05, 3.63) is 546 Å². The van der Waals surface area contributed by atoms with E-state index in [0.717, 1.165) is 0 Å². The third kappa shape index (κ3) is 15.6. The van der Waals surface area contributed by atoms with E-state index in [9.17, 15) is 0 Å². The van der Waals surface area contributed by atoms with E-state index >= 15 is 0 Å². The second kappa shape index (κ2) is 36.3. The second-order valence-electron chi connectivity index (χ2n) is 34.6. The molecule has 0 radical (unpaired) electrons. The van der Waals surface area contributed by atoms with Crippen molar-refractivity contribution in [2.75, 3.05) is 0 Å². The topological polar surface area (TPSA) is 0 Å². The molecule has 0 unspecified atom stereocenters. The van der Waals surface area contributed by atoms with Gasteiger partial charge in [0.25, 0.3) is 0 Å². The Balaban J connectivity index is 0.000000114. The van der Waals surface area contributed by atoms with Gasteiger partial charge in [-0.15, -0.1) is 0 Å². The van der Waals surface area contributed by atoms with Crippen molar-refractivity contribution in [1.82, 2.24) is 0 Å². The van der Waals surface area contributed by atoms with Crippen molar-refractivity contribution < 1.29 is 0 Å². The Kier molecular flexibility index (Phi) is 21.9. The van der Waals surface area contributed by atoms with Crippen molar-refractivity contribution >= 4 is 86.2 Å². The van der Waals surface area contributed by atoms with E-state index < -0.39 is 0 Å². The Bertz CT molecular complexity index is 8430. The lowest BCUT2D eigenvalue weighted by Crippen LogP contribution is -1.94. The predicted octanol–water partition coefficient (Wildman–Crippen LogP) is 37.6. The monoisotopic (exact) mass is 1700 g/mol. The maximum Gasteiger partial charge on any atom is -0.00201 e. The smallest absolute Gasteiger partial charge is 0.00201 e. The van der Waals surface area contributed by atoms with E-state index in [1.165, 1.54) is 242 Å². The van der Waals surface area contributed by atoms with Crippen LogP contribution in [0.3, 0.4) is 0 Å². The summed E-state index contributed by atoms with van der Waals surface area (Å²) in [5.41, 5.74) is 34.8. The molecule has 0 saturated carbocycles. The van der Waals surface area contributed by atoms with Crippen LogP contribution in [0.25, 0.3) is 242 Å². The minimum atomic E-state index is 1.22. The standard InChI is InChI=1S/C46H30.2C44H30/c1-2-15-31(16-3-1)32-19-14-20-35(29-32)44-38-23-8-10-25-40(38)46(41-26-11-9-24-39(41)44)43-28-13-12-27-42(43)45-36-21-6-4-17-33(36)30-34-18-5-7-22-37(34)45;1-3-13-31(14-4-1)33-25-27-34(28-26-33)36-18-12-20-38(30-36)44-41-23-9-7-21-39(41)43(40-22-8-10-24-42(40)44)37-19-11-17-35(29-37)32-15-5-2-6-16-32;1-3-12-31(13-4-1)33-22-24-34(25-23-33)35-26-28-36(29-27-35)43-39-18-7-9-20-41(39)44(42-21-10-8-19-40(42)43)38-17-11-16-37(30-38)32-14-5-2-6-15-32/h1-30H;2*1-30H. The first-order valence-corrected chi connectivity index (χ1v) is 46.3. The Morgan fingerprint density at radius 3 is 0.470 bits per heavy atom. The molecule has 0 N–H and O–H groups in total. The maximum atomic E-state index is 2.35. The molecule has 0 aromatic heterocycles. The average Bonchev–Trinajstić information content (AvgIpc) is 0.731. The van der Waals surface area contributed by atoms with Crippen LogP contribution in [0.15, 0.2) is 546 Å². The van der Waals surface area contributed by atoms with Crippen LogP contribution in [-0.4, -0.2) is 0 Å². The van der Waals surface area contributed by atoms with Gasteiger partial charge in [0.05, 0.1) is 0 Å². The molecule has 0 bridgehead atoms. The van der Waals surface area contributed by atoms with Crippen LogP contribution in [-0.2, 0) is 0 Å². The zero-order valence-corrected chi connectivity index (χ0v) is 74.0. The lowest BCUT2D eigenvalue weighted by atomic mass is 9.82. The SMILES string of the molecule is c1ccc(-c2ccc(-c3ccc(-c4c5ccccc5c(-c5cccc(-c6ccccc6)c5)c5ccccc45)cc3)cc2)cc1.c1ccc(-c2ccc(-c3cccc(-c4c5ccccc5c(-c5cccc(-c6ccccc6)c5)c5ccccc45)c3)cc2)cc1.c1ccc(-c2cccc(-c3c4ccccc4c(-c4ccccc4-c4c5ccccc5cc5ccccc45)c4ccccc34)c2)cc1. The summed E-state index contributed by atoms with van der Waals surface area (Å²) < 4.78 is 0. The molecule has 25 rings (SSSR count). The van der Waals surface area contributed by atoms with Crippen LogP contribution in [0.5, 0.6) is 0 Å². The molecule has 0 spiro atoms. The summed E-state index contributed by atoms with van der Waals surface area (Å²) in [7, 11) is 0. The van der Waals surface area contributed by atoms with Gasteiger partial charge in [-0.2, -0.15) is 0 Å². The summed E-state index contributed by atoms with van der Waals surface area (Å²) in [5, 5.41) is 20.3. The molecule has 0 nitrogen and oxygen atoms in total. The number of rotatable bonds is 14. The van der Waals surface area contributed by atoms with Gasteiger partial charge >= 0.3 is 0 Å². The van der Waals surface area contributed by atoms with Gasteiger partial charge in [-0.3, -0.25) is 0 Å². The highest BCUT2D eigenvalue weighted by atomic mass is 14.3. The molecule has 0 aliphatic carbocycles. The Hall–Kier alpha value is -17.4. The Morgan fingerprint density at radius 1 is 0.0746 bits per heavy atom. The van der Waals surface area contributed by atoms with E-state index in [4.69, 9.17) is 0 Å². The molecule has 25 aromatic rings. The normalized spacial score (nSPS) is 11.3. The number of benzene rings is 25. The number of hydrogen-bond donors (Lipinski definition) is 0. The van der Waals surface area contributed by atoms with Crippen molar-refractivity contribution in [2.24, 2.45) is 0 Å². The Labute approximate surface area is 782 Å². The molecule has 0 aliphatic heterocycles. The van der Waals surface area contributed by atoms with Crippen LogP contribution in [0.4, 0.5) is 0 Å². The summed E-state index contributed by atoms with van der Waals surface area (Å²) in [6.07, 6.45) is 0. The average molecular weight is 1700 g/mol. The van der Waals surface area contributed by atoms with Crippen LogP contribution in [0, 0.1) is 0 Å². The molecule has 626 valence electrons. The first-order chi connectivity index (χ1) is 66.5. The molecule has 0 heterocycles. The number of hydrogen-bond acceptors (Lipinski definition) is 0. The molecule has 0 saturated heterocycles. The summed E-state index contributed by atoms with van der Waals surface area (Å²) in [6.45, 7) is 0. The zero-order valence-electron chi connectivity index (χ0n) is 74.0. The molecule has 0 amide bonds. The second-order valence-corrected chi connectivity index (χ2v) is 34.6. The fraction of sp³-hybridized carbons (Fsp3) is 0. The van der Waals surface area contributed by atoms with Gasteiger partial charge in [0.15, 0.2) is 0 Å². The van der Waals surface area contributed by atoms with E-state index in [1.807, 2.05) is 0 Å². The molecule has 134 heavy (non-hydrogen) atoms. The summed E-state index contributed by atoms with van der Waals surface area (Å²) >= 11 is 0. The lowest BCUT2D eigenvalue weighted by molar-refractivity contribution is 1.58. The summed E-state index contributed by atoms with van der Waals surface area (Å²) in [6, 6.07) is 198. The van der Waals surface area contributed by atoms with E-state index in [2.05, 4.69) is 546 Å². The van der Waals surface area contributed by atoms with Crippen LogP contribution in [0.1, 0.15) is 0 Å². The highest BCUT2D eigenvalue weighted by Crippen LogP contribution is 2.52. The fourth-order valence-corrected chi connectivity index (χ4v) is 20.6. The first kappa shape index (κ1) is 81.1. The molecule has 25 aromatic carbocycles. The summed E-state index contributed by atoms with van der Waals surface area (Å²) in [5.74, 6) is 0. The highest BCUT2D eigenvalue weighted by molar-refractivity contribution is 6.26. The van der Waals surface area contributed by atoms with Gasteiger partial charge in [0.1, 0.15) is 0 Å². The third-order valence-electron chi connectivity index (χ3n) is 26.8. The molecular formula is C134H90. The number of fused-ring (bicyclic) bond motifs is 8. The summed E-state index contributed by atoms with van der Waals surface area (Å²) in [4.78, 5) is 0. The molecular weight excluding hydrogens is 1610 g/mol. The minimum Gasteiger partial charge on any atom is -0.0622 e. The van der Waals surface area contributed by atoms with E-state index in [1.54, 1.807) is 0 Å².